The molecular weight excluding hydrogens is 306 g/mol. The molecule has 0 aliphatic carbocycles. The Morgan fingerprint density at radius 1 is 1.13 bits per heavy atom. The number of rotatable bonds is 1. The van der Waals surface area contributed by atoms with Gasteiger partial charge in [-0.15, -0.1) is 11.3 Å². The van der Waals surface area contributed by atoms with Crippen molar-refractivity contribution in [1.82, 2.24) is 0 Å². The summed E-state index contributed by atoms with van der Waals surface area (Å²) in [4.78, 5) is 16.0. The summed E-state index contributed by atoms with van der Waals surface area (Å²) in [6.45, 7) is 2.26. The number of hydrogen-bond acceptors (Lipinski definition) is 4. The van der Waals surface area contributed by atoms with E-state index in [2.05, 4.69) is 11.0 Å². The molecule has 116 valence electrons. The predicted octanol–water partition coefficient (Wildman–Crippen LogP) is 4.22. The Hall–Kier alpha value is -2.07. The van der Waals surface area contributed by atoms with E-state index in [4.69, 9.17) is 4.42 Å². The Morgan fingerprint density at radius 3 is 2.83 bits per heavy atom. The van der Waals surface area contributed by atoms with Crippen LogP contribution in [0.25, 0.3) is 21.4 Å². The van der Waals surface area contributed by atoms with E-state index in [1.807, 2.05) is 23.6 Å². The number of fused-ring (bicyclic) bond motifs is 2. The van der Waals surface area contributed by atoms with Crippen molar-refractivity contribution in [1.29, 1.82) is 0 Å². The van der Waals surface area contributed by atoms with Gasteiger partial charge in [0.25, 0.3) is 0 Å². The van der Waals surface area contributed by atoms with Crippen LogP contribution in [0.1, 0.15) is 24.0 Å². The van der Waals surface area contributed by atoms with E-state index in [0.717, 1.165) is 48.2 Å². The van der Waals surface area contributed by atoms with Crippen molar-refractivity contribution in [2.45, 2.75) is 25.7 Å². The number of benzene rings is 1. The van der Waals surface area contributed by atoms with E-state index in [0.29, 0.717) is 5.56 Å². The van der Waals surface area contributed by atoms with E-state index < -0.39 is 0 Å². The second-order valence-corrected chi connectivity index (χ2v) is 7.35. The maximum absolute atomic E-state index is 12.5. The molecule has 23 heavy (non-hydrogen) atoms. The van der Waals surface area contributed by atoms with Gasteiger partial charge in [-0.1, -0.05) is 6.07 Å². The van der Waals surface area contributed by atoms with E-state index >= 15 is 0 Å². The normalized spacial score (nSPS) is 16.6. The van der Waals surface area contributed by atoms with Crippen LogP contribution in [0.3, 0.4) is 0 Å². The van der Waals surface area contributed by atoms with Crippen LogP contribution in [0.4, 0.5) is 5.69 Å². The van der Waals surface area contributed by atoms with Crippen LogP contribution >= 0.6 is 11.3 Å². The van der Waals surface area contributed by atoms with Crippen molar-refractivity contribution in [3.63, 3.8) is 0 Å². The van der Waals surface area contributed by atoms with Crippen molar-refractivity contribution in [2.24, 2.45) is 0 Å². The molecule has 3 nitrogen and oxygen atoms in total. The third-order valence-electron chi connectivity index (χ3n) is 5.00. The lowest BCUT2D eigenvalue weighted by atomic mass is 9.90. The van der Waals surface area contributed by atoms with E-state index in [1.54, 1.807) is 11.3 Å². The molecule has 0 saturated carbocycles. The van der Waals surface area contributed by atoms with E-state index in [-0.39, 0.29) is 5.63 Å². The van der Waals surface area contributed by atoms with Gasteiger partial charge in [-0.2, -0.15) is 0 Å². The third-order valence-corrected chi connectivity index (χ3v) is 5.91. The van der Waals surface area contributed by atoms with Gasteiger partial charge < -0.3 is 9.32 Å². The van der Waals surface area contributed by atoms with Crippen molar-refractivity contribution < 1.29 is 4.42 Å². The van der Waals surface area contributed by atoms with Gasteiger partial charge in [0, 0.05) is 34.6 Å². The van der Waals surface area contributed by atoms with Crippen LogP contribution < -0.4 is 10.5 Å². The van der Waals surface area contributed by atoms with Crippen molar-refractivity contribution in [3.05, 3.63) is 51.2 Å². The molecule has 2 aliphatic heterocycles. The van der Waals surface area contributed by atoms with Crippen LogP contribution in [0.2, 0.25) is 0 Å². The first-order chi connectivity index (χ1) is 11.3. The Kier molecular flexibility index (Phi) is 2.89. The lowest BCUT2D eigenvalue weighted by Gasteiger charge is -2.37. The molecule has 0 amide bonds. The summed E-state index contributed by atoms with van der Waals surface area (Å²) in [5.41, 5.74) is 5.29. The molecular formula is C19H17NO2S. The SMILES string of the molecule is O=c1oc2c3c4c(cc2cc1-c1cccs1)CCCN4CCC3. The highest BCUT2D eigenvalue weighted by Gasteiger charge is 2.27. The summed E-state index contributed by atoms with van der Waals surface area (Å²) >= 11 is 1.58. The first-order valence-corrected chi connectivity index (χ1v) is 9.11. The van der Waals surface area contributed by atoms with Crippen LogP contribution in [0.15, 0.2) is 38.9 Å². The molecule has 4 heterocycles. The Balaban J connectivity index is 1.82. The predicted molar refractivity (Wildman–Crippen MR) is 94.7 cm³/mol. The highest BCUT2D eigenvalue weighted by Crippen LogP contribution is 2.40. The van der Waals surface area contributed by atoms with Gasteiger partial charge in [0.1, 0.15) is 5.58 Å². The van der Waals surface area contributed by atoms with Crippen molar-refractivity contribution in [2.75, 3.05) is 18.0 Å². The summed E-state index contributed by atoms with van der Waals surface area (Å²) in [6.07, 6.45) is 4.49. The molecule has 0 saturated heterocycles. The van der Waals surface area contributed by atoms with Gasteiger partial charge in [0.15, 0.2) is 0 Å². The first-order valence-electron chi connectivity index (χ1n) is 8.23. The summed E-state index contributed by atoms with van der Waals surface area (Å²) in [7, 11) is 0. The molecule has 0 fully saturated rings. The number of aryl methyl sites for hydroxylation is 2. The van der Waals surface area contributed by atoms with Crippen molar-refractivity contribution in [3.8, 4) is 10.4 Å². The fourth-order valence-electron chi connectivity index (χ4n) is 4.05. The van der Waals surface area contributed by atoms with Gasteiger partial charge >= 0.3 is 5.63 Å². The number of thiophene rings is 1. The van der Waals surface area contributed by atoms with E-state index in [9.17, 15) is 4.79 Å². The fraction of sp³-hybridized carbons (Fsp3) is 0.316. The molecule has 0 spiro atoms. The van der Waals surface area contributed by atoms with Crippen LogP contribution in [-0.4, -0.2) is 13.1 Å². The Labute approximate surface area is 138 Å². The van der Waals surface area contributed by atoms with Gasteiger partial charge in [0.05, 0.1) is 5.56 Å². The molecule has 0 atom stereocenters. The first kappa shape index (κ1) is 13.4. The maximum atomic E-state index is 12.5. The lowest BCUT2D eigenvalue weighted by molar-refractivity contribution is 0.552. The van der Waals surface area contributed by atoms with Crippen LogP contribution in [-0.2, 0) is 12.8 Å². The number of anilines is 1. The van der Waals surface area contributed by atoms with Crippen LogP contribution in [0.5, 0.6) is 0 Å². The summed E-state index contributed by atoms with van der Waals surface area (Å²) in [5.74, 6) is 0. The molecule has 3 aromatic rings. The topological polar surface area (TPSA) is 33.5 Å². The highest BCUT2D eigenvalue weighted by atomic mass is 32.1. The monoisotopic (exact) mass is 323 g/mol. The largest absolute Gasteiger partial charge is 0.422 e. The van der Waals surface area contributed by atoms with Crippen LogP contribution in [0, 0.1) is 0 Å². The fourth-order valence-corrected chi connectivity index (χ4v) is 4.78. The Morgan fingerprint density at radius 2 is 2.00 bits per heavy atom. The highest BCUT2D eigenvalue weighted by molar-refractivity contribution is 7.13. The summed E-state index contributed by atoms with van der Waals surface area (Å²) < 4.78 is 5.81. The van der Waals surface area contributed by atoms with Gasteiger partial charge in [-0.25, -0.2) is 4.79 Å². The zero-order chi connectivity index (χ0) is 15.4. The molecule has 0 N–H and O–H groups in total. The lowest BCUT2D eigenvalue weighted by Crippen LogP contribution is -2.34. The minimum absolute atomic E-state index is 0.218. The molecule has 1 aromatic carbocycles. The quantitative estimate of drug-likeness (QED) is 0.629. The van der Waals surface area contributed by atoms with Crippen molar-refractivity contribution >= 4 is 28.0 Å². The average Bonchev–Trinajstić information content (AvgIpc) is 3.10. The molecule has 5 rings (SSSR count). The zero-order valence-electron chi connectivity index (χ0n) is 12.8. The molecule has 2 aliphatic rings. The number of hydrogen-bond donors (Lipinski definition) is 0. The minimum atomic E-state index is -0.218. The van der Waals surface area contributed by atoms with Gasteiger partial charge in [-0.05, 0) is 54.8 Å². The standard InChI is InChI=1S/C19H17NO2S/c21-19-15(16-6-3-9-23-16)11-13-10-12-4-1-7-20-8-2-5-14(17(12)20)18(13)22-19/h3,6,9-11H,1-2,4-5,7-8H2. The zero-order valence-corrected chi connectivity index (χ0v) is 13.6. The maximum Gasteiger partial charge on any atom is 0.345 e. The molecule has 2 aromatic heterocycles. The average molecular weight is 323 g/mol. The summed E-state index contributed by atoms with van der Waals surface area (Å²) in [6, 6.07) is 8.22. The number of nitrogens with zero attached hydrogens (tertiary/aromatic N) is 1. The smallest absolute Gasteiger partial charge is 0.345 e. The summed E-state index contributed by atoms with van der Waals surface area (Å²) in [5, 5.41) is 3.07. The molecule has 0 radical (unpaired) electrons. The molecule has 4 heteroatoms. The van der Waals surface area contributed by atoms with E-state index in [1.165, 1.54) is 23.2 Å². The second-order valence-electron chi connectivity index (χ2n) is 6.40. The van der Waals surface area contributed by atoms with Gasteiger partial charge in [0.2, 0.25) is 0 Å². The third kappa shape index (κ3) is 1.98. The molecule has 0 unspecified atom stereocenters. The van der Waals surface area contributed by atoms with Gasteiger partial charge in [-0.3, -0.25) is 0 Å². The molecule has 0 bridgehead atoms. The second kappa shape index (κ2) is 4.96. The minimum Gasteiger partial charge on any atom is -0.422 e. The Bertz CT molecular complexity index is 954.